The summed E-state index contributed by atoms with van der Waals surface area (Å²) >= 11 is 6.04. The van der Waals surface area contributed by atoms with Crippen LogP contribution in [0.25, 0.3) is 0 Å². The maximum Gasteiger partial charge on any atom is 0.342 e. The fourth-order valence-corrected chi connectivity index (χ4v) is 3.94. The number of aryl methyl sites for hydroxylation is 1. The number of nitrogens with one attached hydrogen (secondary N) is 1. The number of hydrogen-bond donors (Lipinski definition) is 1. The maximum absolute atomic E-state index is 13.2. The highest BCUT2D eigenvalue weighted by Gasteiger charge is 2.35. The van der Waals surface area contributed by atoms with E-state index in [1.807, 2.05) is 49.4 Å². The molecule has 0 bridgehead atoms. The highest BCUT2D eigenvalue weighted by molar-refractivity contribution is 6.30. The van der Waals surface area contributed by atoms with Crippen LogP contribution in [0.2, 0.25) is 5.02 Å². The van der Waals surface area contributed by atoms with Crippen molar-refractivity contribution in [3.05, 3.63) is 87.7 Å². The van der Waals surface area contributed by atoms with E-state index in [1.165, 1.54) is 6.20 Å². The van der Waals surface area contributed by atoms with E-state index < -0.39 is 17.5 Å². The molecule has 1 heterocycles. The summed E-state index contributed by atoms with van der Waals surface area (Å²) in [6, 6.07) is 16.7. The first kappa shape index (κ1) is 26.0. The van der Waals surface area contributed by atoms with Crippen LogP contribution in [0.5, 0.6) is 0 Å². The molecule has 2 atom stereocenters. The Morgan fingerprint density at radius 3 is 2.51 bits per heavy atom. The molecule has 182 valence electrons. The Balaban J connectivity index is 1.80. The van der Waals surface area contributed by atoms with E-state index in [1.54, 1.807) is 38.6 Å². The number of carbonyl (C=O) groups is 2. The Labute approximate surface area is 210 Å². The van der Waals surface area contributed by atoms with E-state index in [4.69, 9.17) is 16.3 Å². The molecule has 0 unspecified atom stereocenters. The number of amides is 1. The van der Waals surface area contributed by atoms with Crippen LogP contribution in [0.1, 0.15) is 59.4 Å². The zero-order valence-electron chi connectivity index (χ0n) is 20.5. The summed E-state index contributed by atoms with van der Waals surface area (Å²) in [6.07, 6.45) is 2.04. The van der Waals surface area contributed by atoms with Gasteiger partial charge in [-0.2, -0.15) is 10.4 Å². The maximum atomic E-state index is 13.2. The summed E-state index contributed by atoms with van der Waals surface area (Å²) in [4.78, 5) is 25.9. The lowest BCUT2D eigenvalue weighted by Crippen LogP contribution is -2.50. The number of esters is 1. The normalized spacial score (nSPS) is 12.9. The molecule has 2 aromatic carbocycles. The minimum atomic E-state index is -1.41. The number of benzene rings is 2. The first-order chi connectivity index (χ1) is 16.5. The second kappa shape index (κ2) is 10.7. The van der Waals surface area contributed by atoms with Crippen molar-refractivity contribution in [2.24, 2.45) is 7.05 Å². The third kappa shape index (κ3) is 6.28. The van der Waals surface area contributed by atoms with Crippen LogP contribution in [-0.4, -0.2) is 33.3 Å². The Morgan fingerprint density at radius 2 is 1.91 bits per heavy atom. The fourth-order valence-electron chi connectivity index (χ4n) is 3.81. The third-order valence-electron chi connectivity index (χ3n) is 6.12. The predicted molar refractivity (Wildman–Crippen MR) is 134 cm³/mol. The summed E-state index contributed by atoms with van der Waals surface area (Å²) in [5.74, 6) is -1.17. The van der Waals surface area contributed by atoms with Crippen LogP contribution in [0.15, 0.2) is 54.7 Å². The Kier molecular flexibility index (Phi) is 7.98. The molecule has 1 N–H and O–H groups in total. The van der Waals surface area contributed by atoms with Crippen molar-refractivity contribution in [3.8, 4) is 6.07 Å². The topological polar surface area (TPSA) is 97.0 Å². The van der Waals surface area contributed by atoms with Gasteiger partial charge >= 0.3 is 5.97 Å². The average molecular weight is 493 g/mol. The highest BCUT2D eigenvalue weighted by Crippen LogP contribution is 2.27. The van der Waals surface area contributed by atoms with Gasteiger partial charge in [-0.05, 0) is 69.5 Å². The Hall–Kier alpha value is -3.63. The predicted octanol–water partition coefficient (Wildman–Crippen LogP) is 4.72. The van der Waals surface area contributed by atoms with Crippen molar-refractivity contribution in [1.29, 1.82) is 5.26 Å². The standard InChI is InChI=1S/C27H29ClN4O3/c1-17(31-26(34)27(3,4)35-25(33)24-16-30-32(5)18(24)2)23(14-19-9-11-22(28)12-10-19)21-8-6-7-20(13-21)15-29/h6-13,16-17,23H,14H2,1-5H3,(H,31,34)/t17-,23+/m0/s1. The molecule has 0 aliphatic heterocycles. The second-order valence-electron chi connectivity index (χ2n) is 9.10. The quantitative estimate of drug-likeness (QED) is 0.459. The van der Waals surface area contributed by atoms with E-state index in [9.17, 15) is 14.9 Å². The lowest BCUT2D eigenvalue weighted by Gasteiger charge is -2.30. The average Bonchev–Trinajstić information content (AvgIpc) is 3.16. The lowest BCUT2D eigenvalue weighted by molar-refractivity contribution is -0.138. The molecule has 0 aliphatic rings. The van der Waals surface area contributed by atoms with Crippen molar-refractivity contribution in [3.63, 3.8) is 0 Å². The molecule has 7 nitrogen and oxygen atoms in total. The Bertz CT molecular complexity index is 1260. The second-order valence-corrected chi connectivity index (χ2v) is 9.54. The van der Waals surface area contributed by atoms with E-state index in [0.29, 0.717) is 28.3 Å². The van der Waals surface area contributed by atoms with Gasteiger partial charge in [-0.3, -0.25) is 9.48 Å². The number of carbonyl (C=O) groups excluding carboxylic acids is 2. The minimum absolute atomic E-state index is 0.138. The van der Waals surface area contributed by atoms with Crippen LogP contribution in [0.3, 0.4) is 0 Å². The summed E-state index contributed by atoms with van der Waals surface area (Å²) in [7, 11) is 1.73. The summed E-state index contributed by atoms with van der Waals surface area (Å²) in [6.45, 7) is 6.78. The molecule has 0 radical (unpaired) electrons. The molecule has 0 spiro atoms. The zero-order valence-corrected chi connectivity index (χ0v) is 21.3. The summed E-state index contributed by atoms with van der Waals surface area (Å²) in [5.41, 5.74) is 2.07. The number of aromatic nitrogens is 2. The molecule has 3 aromatic rings. The first-order valence-electron chi connectivity index (χ1n) is 11.3. The van der Waals surface area contributed by atoms with Gasteiger partial charge in [-0.25, -0.2) is 4.79 Å². The lowest BCUT2D eigenvalue weighted by atomic mass is 9.85. The van der Waals surface area contributed by atoms with Crippen LogP contribution in [-0.2, 0) is 23.0 Å². The SMILES string of the molecule is Cc1c(C(=O)OC(C)(C)C(=O)N[C@@H](C)[C@@H](Cc2ccc(Cl)cc2)c2cccc(C#N)c2)cnn1C. The van der Waals surface area contributed by atoms with Gasteiger partial charge in [0.05, 0.1) is 17.8 Å². The van der Waals surface area contributed by atoms with Gasteiger partial charge in [0, 0.05) is 29.7 Å². The number of halogens is 1. The molecule has 8 heteroatoms. The molecule has 1 amide bonds. The van der Waals surface area contributed by atoms with Gasteiger partial charge in [0.15, 0.2) is 5.60 Å². The van der Waals surface area contributed by atoms with Crippen molar-refractivity contribution in [2.75, 3.05) is 0 Å². The molecule has 0 fully saturated rings. The minimum Gasteiger partial charge on any atom is -0.446 e. The van der Waals surface area contributed by atoms with Gasteiger partial charge in [0.25, 0.3) is 5.91 Å². The van der Waals surface area contributed by atoms with E-state index in [-0.39, 0.29) is 12.0 Å². The Morgan fingerprint density at radius 1 is 1.23 bits per heavy atom. The van der Waals surface area contributed by atoms with E-state index in [2.05, 4.69) is 16.5 Å². The number of ether oxygens (including phenoxy) is 1. The summed E-state index contributed by atoms with van der Waals surface area (Å²) < 4.78 is 7.14. The number of nitrogens with zero attached hydrogens (tertiary/aromatic N) is 3. The molecule has 35 heavy (non-hydrogen) atoms. The molecule has 3 rings (SSSR count). The van der Waals surface area contributed by atoms with Gasteiger partial charge in [0.1, 0.15) is 5.56 Å². The molecule has 0 aliphatic carbocycles. The summed E-state index contributed by atoms with van der Waals surface area (Å²) in [5, 5.41) is 17.1. The molecule has 0 saturated heterocycles. The van der Waals surface area contributed by atoms with Crippen LogP contribution in [0, 0.1) is 18.3 Å². The number of hydrogen-bond acceptors (Lipinski definition) is 5. The largest absolute Gasteiger partial charge is 0.446 e. The van der Waals surface area contributed by atoms with Gasteiger partial charge in [-0.1, -0.05) is 35.9 Å². The van der Waals surface area contributed by atoms with Crippen LogP contribution < -0.4 is 5.32 Å². The fraction of sp³-hybridized carbons (Fsp3) is 0.333. The van der Waals surface area contributed by atoms with Crippen molar-refractivity contribution in [2.45, 2.75) is 51.7 Å². The molecule has 0 saturated carbocycles. The van der Waals surface area contributed by atoms with Gasteiger partial charge in [0.2, 0.25) is 0 Å². The van der Waals surface area contributed by atoms with Crippen LogP contribution in [0.4, 0.5) is 0 Å². The van der Waals surface area contributed by atoms with Crippen molar-refractivity contribution < 1.29 is 14.3 Å². The van der Waals surface area contributed by atoms with Crippen molar-refractivity contribution in [1.82, 2.24) is 15.1 Å². The third-order valence-corrected chi connectivity index (χ3v) is 6.38. The molecule has 1 aromatic heterocycles. The zero-order chi connectivity index (χ0) is 25.8. The highest BCUT2D eigenvalue weighted by atomic mass is 35.5. The van der Waals surface area contributed by atoms with Gasteiger partial charge < -0.3 is 10.1 Å². The monoisotopic (exact) mass is 492 g/mol. The first-order valence-corrected chi connectivity index (χ1v) is 11.7. The molecular formula is C27H29ClN4O3. The van der Waals surface area contributed by atoms with Crippen LogP contribution >= 0.6 is 11.6 Å². The molecular weight excluding hydrogens is 464 g/mol. The van der Waals surface area contributed by atoms with E-state index in [0.717, 1.165) is 11.1 Å². The number of nitriles is 1. The number of rotatable bonds is 8. The van der Waals surface area contributed by atoms with Crippen molar-refractivity contribution >= 4 is 23.5 Å². The van der Waals surface area contributed by atoms with E-state index >= 15 is 0 Å². The smallest absolute Gasteiger partial charge is 0.342 e. The van der Waals surface area contributed by atoms with Gasteiger partial charge in [-0.15, -0.1) is 0 Å².